The highest BCUT2D eigenvalue weighted by atomic mass is 16.1. The minimum Gasteiger partial charge on any atom is -0.401 e. The Kier molecular flexibility index (Phi) is 6.45. The summed E-state index contributed by atoms with van der Waals surface area (Å²) in [5.41, 5.74) is 9.12. The number of hydrogen-bond donors (Lipinski definition) is 4. The summed E-state index contributed by atoms with van der Waals surface area (Å²) >= 11 is 0. The van der Waals surface area contributed by atoms with Crippen LogP contribution < -0.4 is 21.8 Å². The smallest absolute Gasteiger partial charge is 0.254 e. The van der Waals surface area contributed by atoms with Crippen molar-refractivity contribution < 1.29 is 10.2 Å². The molecule has 1 saturated carbocycles. The number of para-hydroxylation sites is 1. The average molecular weight is 442 g/mol. The predicted octanol–water partition coefficient (Wildman–Crippen LogP) is 1.71. The first kappa shape index (κ1) is 22.2. The first-order chi connectivity index (χ1) is 15.9. The van der Waals surface area contributed by atoms with Crippen LogP contribution >= 0.6 is 0 Å². The lowest BCUT2D eigenvalue weighted by atomic mass is 9.86. The second-order valence-corrected chi connectivity index (χ2v) is 8.58. The lowest BCUT2D eigenvalue weighted by molar-refractivity contribution is -0.109. The van der Waals surface area contributed by atoms with Crippen LogP contribution in [0.3, 0.4) is 0 Å². The fourth-order valence-corrected chi connectivity index (χ4v) is 3.63. The quantitative estimate of drug-likeness (QED) is 0.388. The monoisotopic (exact) mass is 441 g/mol. The van der Waals surface area contributed by atoms with Crippen LogP contribution in [0.25, 0.3) is 0 Å². The number of amides is 1. The van der Waals surface area contributed by atoms with Gasteiger partial charge in [-0.3, -0.25) is 10.2 Å². The van der Waals surface area contributed by atoms with Crippen LogP contribution in [-0.4, -0.2) is 34.6 Å². The molecule has 0 bridgehead atoms. The van der Waals surface area contributed by atoms with Gasteiger partial charge in [0.25, 0.3) is 5.91 Å². The molecule has 1 amide bonds. The van der Waals surface area contributed by atoms with Crippen molar-refractivity contribution in [2.24, 2.45) is 16.8 Å². The van der Waals surface area contributed by atoms with Crippen molar-refractivity contribution in [2.45, 2.75) is 31.7 Å². The Morgan fingerprint density at radius 3 is 2.79 bits per heavy atom. The van der Waals surface area contributed by atoms with Gasteiger partial charge >= 0.3 is 0 Å². The zero-order valence-corrected chi connectivity index (χ0v) is 18.7. The van der Waals surface area contributed by atoms with Gasteiger partial charge in [0, 0.05) is 36.1 Å². The highest BCUT2D eigenvalue weighted by molar-refractivity contribution is 6.36. The number of hydrogen-bond acceptors (Lipinski definition) is 4. The van der Waals surface area contributed by atoms with E-state index in [1.807, 2.05) is 61.8 Å². The summed E-state index contributed by atoms with van der Waals surface area (Å²) in [4.78, 5) is 12.7. The fourth-order valence-electron chi connectivity index (χ4n) is 3.63. The van der Waals surface area contributed by atoms with Gasteiger partial charge in [0.15, 0.2) is 0 Å². The summed E-state index contributed by atoms with van der Waals surface area (Å²) in [7, 11) is 0. The maximum atomic E-state index is 12.7. The van der Waals surface area contributed by atoms with E-state index in [4.69, 9.17) is 11.1 Å². The lowest BCUT2D eigenvalue weighted by Crippen LogP contribution is -2.45. The van der Waals surface area contributed by atoms with Crippen LogP contribution in [0, 0.1) is 17.8 Å². The molecule has 1 heterocycles. The molecule has 1 fully saturated rings. The van der Waals surface area contributed by atoms with Crippen molar-refractivity contribution in [1.29, 1.82) is 0 Å². The summed E-state index contributed by atoms with van der Waals surface area (Å²) in [6.45, 7) is 2.38. The molecule has 1 unspecified atom stereocenters. The highest BCUT2D eigenvalue weighted by Crippen LogP contribution is 2.30. The molecule has 2 aromatic rings. The van der Waals surface area contributed by atoms with Crippen molar-refractivity contribution in [1.82, 2.24) is 9.99 Å². The number of anilines is 1. The van der Waals surface area contributed by atoms with E-state index < -0.39 is 5.54 Å². The van der Waals surface area contributed by atoms with Crippen LogP contribution in [0.1, 0.15) is 36.5 Å². The Morgan fingerprint density at radius 1 is 1.30 bits per heavy atom. The fraction of sp³-hybridized carbons (Fsp3) is 0.269. The lowest BCUT2D eigenvalue weighted by Gasteiger charge is -2.32. The highest BCUT2D eigenvalue weighted by Gasteiger charge is 2.29. The Morgan fingerprint density at radius 2 is 2.06 bits per heavy atom. The van der Waals surface area contributed by atoms with Crippen molar-refractivity contribution in [3.8, 4) is 11.8 Å². The van der Waals surface area contributed by atoms with Gasteiger partial charge in [-0.15, -0.1) is 0 Å². The molecular formula is C26H29N6O+. The molecule has 1 aromatic heterocycles. The molecule has 0 saturated heterocycles. The molecule has 0 radical (unpaired) electrons. The number of aromatic nitrogens is 1. The van der Waals surface area contributed by atoms with Crippen LogP contribution in [0.2, 0.25) is 0 Å². The number of benzene rings is 1. The SMILES string of the molecule is CC1(Nc2ccccc2C(=O)NCC#CC2CC2)C=CC(C(=[NH2+])/C=N/n2cccc2)=C(N)C1. The molecule has 168 valence electrons. The molecule has 0 spiro atoms. The first-order valence-corrected chi connectivity index (χ1v) is 11.1. The standard InChI is InChI=1S/C26H28N6O/c1-26(13-12-20(22(27)17-26)23(28)18-30-32-15-4-5-16-32)31-24-9-3-2-8-21(24)25(33)29-14-6-7-19-10-11-19/h2-5,8-9,12-13,15-16,18-19,28,31H,10-11,14,17,27H2,1H3,(H,29,33)/p+1/b28-23?,30-18+. The third-order valence-electron chi connectivity index (χ3n) is 5.56. The largest absolute Gasteiger partial charge is 0.401 e. The zero-order chi connectivity index (χ0) is 23.3. The van der Waals surface area contributed by atoms with Gasteiger partial charge in [0.2, 0.25) is 5.71 Å². The van der Waals surface area contributed by atoms with Crippen LogP contribution in [0.15, 0.2) is 77.3 Å². The third-order valence-corrected chi connectivity index (χ3v) is 5.56. The summed E-state index contributed by atoms with van der Waals surface area (Å²) in [6, 6.07) is 11.2. The average Bonchev–Trinajstić information content (AvgIpc) is 3.47. The summed E-state index contributed by atoms with van der Waals surface area (Å²) in [6.07, 6.45) is 12.0. The third kappa shape index (κ3) is 5.80. The summed E-state index contributed by atoms with van der Waals surface area (Å²) < 4.78 is 1.67. The van der Waals surface area contributed by atoms with Gasteiger partial charge in [-0.2, -0.15) is 5.10 Å². The van der Waals surface area contributed by atoms with E-state index in [9.17, 15) is 4.79 Å². The van der Waals surface area contributed by atoms with Gasteiger partial charge < -0.3 is 16.4 Å². The van der Waals surface area contributed by atoms with Gasteiger partial charge in [-0.1, -0.05) is 30.0 Å². The number of nitrogens with zero attached hydrogens (tertiary/aromatic N) is 2. The Balaban J connectivity index is 1.42. The molecule has 1 atom stereocenters. The minimum absolute atomic E-state index is 0.158. The van der Waals surface area contributed by atoms with Crippen LogP contribution in [0.4, 0.5) is 5.69 Å². The topological polar surface area (TPSA) is 110 Å². The molecule has 1 aromatic carbocycles. The summed E-state index contributed by atoms with van der Waals surface area (Å²) in [5.74, 6) is 6.55. The van der Waals surface area contributed by atoms with Crippen LogP contribution in [-0.2, 0) is 0 Å². The van der Waals surface area contributed by atoms with Gasteiger partial charge in [0.05, 0.1) is 23.2 Å². The van der Waals surface area contributed by atoms with E-state index in [0.29, 0.717) is 35.9 Å². The maximum Gasteiger partial charge on any atom is 0.254 e. The van der Waals surface area contributed by atoms with Gasteiger partial charge in [-0.25, -0.2) is 4.68 Å². The van der Waals surface area contributed by atoms with E-state index in [0.717, 1.165) is 11.3 Å². The molecule has 7 nitrogen and oxygen atoms in total. The van der Waals surface area contributed by atoms with Crippen molar-refractivity contribution in [2.75, 3.05) is 11.9 Å². The molecular weight excluding hydrogens is 412 g/mol. The van der Waals surface area contributed by atoms with Crippen LogP contribution in [0.5, 0.6) is 0 Å². The molecule has 2 aliphatic carbocycles. The van der Waals surface area contributed by atoms with E-state index in [1.165, 1.54) is 12.8 Å². The zero-order valence-electron chi connectivity index (χ0n) is 18.7. The number of nitrogens with one attached hydrogen (secondary N) is 2. The molecule has 6 N–H and O–H groups in total. The number of carbonyl (C=O) groups excluding carboxylic acids is 1. The molecule has 7 heteroatoms. The van der Waals surface area contributed by atoms with Crippen molar-refractivity contribution in [3.63, 3.8) is 0 Å². The molecule has 33 heavy (non-hydrogen) atoms. The Labute approximate surface area is 194 Å². The van der Waals surface area contributed by atoms with Gasteiger partial charge in [0.1, 0.15) is 6.21 Å². The minimum atomic E-state index is -0.479. The number of rotatable bonds is 7. The molecule has 2 aliphatic rings. The number of allylic oxidation sites excluding steroid dienone is 2. The van der Waals surface area contributed by atoms with E-state index in [-0.39, 0.29) is 5.91 Å². The predicted molar refractivity (Wildman–Crippen MR) is 132 cm³/mol. The molecule has 0 aliphatic heterocycles. The normalized spacial score (nSPS) is 19.8. The van der Waals surface area contributed by atoms with E-state index in [1.54, 1.807) is 17.0 Å². The van der Waals surface area contributed by atoms with Crippen molar-refractivity contribution in [3.05, 3.63) is 77.8 Å². The van der Waals surface area contributed by atoms with E-state index >= 15 is 0 Å². The van der Waals surface area contributed by atoms with E-state index in [2.05, 4.69) is 27.6 Å². The second kappa shape index (κ2) is 9.61. The second-order valence-electron chi connectivity index (χ2n) is 8.58. The maximum absolute atomic E-state index is 12.7. The van der Waals surface area contributed by atoms with Gasteiger partial charge in [-0.05, 0) is 50.1 Å². The molecule has 4 rings (SSSR count). The Hall–Kier alpha value is -4.05. The number of nitrogens with two attached hydrogens (primary N) is 2. The number of carbonyl (C=O) groups is 1. The summed E-state index contributed by atoms with van der Waals surface area (Å²) in [5, 5.41) is 16.9. The first-order valence-electron chi connectivity index (χ1n) is 11.1. The Bertz CT molecular complexity index is 1190. The van der Waals surface area contributed by atoms with Crippen molar-refractivity contribution >= 4 is 23.5 Å².